The molecule has 118 valence electrons. The number of nitrogens with zero attached hydrogens (tertiary/aromatic N) is 2. The van der Waals surface area contributed by atoms with E-state index in [0.717, 1.165) is 25.7 Å². The molecule has 1 rings (SSSR count). The SMILES string of the molecule is CCCCCCN(CC(=O)Nc1nccs1)C(=O)C(C)C. The van der Waals surface area contributed by atoms with E-state index in [1.54, 1.807) is 16.5 Å². The molecule has 5 nitrogen and oxygen atoms in total. The smallest absolute Gasteiger partial charge is 0.245 e. The summed E-state index contributed by atoms with van der Waals surface area (Å²) in [5.41, 5.74) is 0. The third-order valence-electron chi connectivity index (χ3n) is 3.10. The van der Waals surface area contributed by atoms with Gasteiger partial charge in [-0.05, 0) is 6.42 Å². The maximum Gasteiger partial charge on any atom is 0.245 e. The molecule has 1 aromatic rings. The fraction of sp³-hybridized carbons (Fsp3) is 0.667. The first-order valence-electron chi connectivity index (χ1n) is 7.52. The largest absolute Gasteiger partial charge is 0.333 e. The Morgan fingerprint density at radius 2 is 2.10 bits per heavy atom. The predicted molar refractivity (Wildman–Crippen MR) is 86.3 cm³/mol. The normalized spacial score (nSPS) is 10.7. The zero-order chi connectivity index (χ0) is 15.7. The van der Waals surface area contributed by atoms with Crippen LogP contribution in [0.1, 0.15) is 46.5 Å². The Bertz CT molecular complexity index is 432. The molecule has 21 heavy (non-hydrogen) atoms. The van der Waals surface area contributed by atoms with E-state index in [-0.39, 0.29) is 24.3 Å². The first kappa shape index (κ1) is 17.6. The third-order valence-corrected chi connectivity index (χ3v) is 3.79. The molecular formula is C15H25N3O2S. The van der Waals surface area contributed by atoms with Crippen molar-refractivity contribution in [3.05, 3.63) is 11.6 Å². The van der Waals surface area contributed by atoms with Gasteiger partial charge in [0, 0.05) is 24.0 Å². The van der Waals surface area contributed by atoms with Gasteiger partial charge in [-0.2, -0.15) is 0 Å². The van der Waals surface area contributed by atoms with E-state index in [9.17, 15) is 9.59 Å². The minimum Gasteiger partial charge on any atom is -0.333 e. The summed E-state index contributed by atoms with van der Waals surface area (Å²) in [5, 5.41) is 5.10. The summed E-state index contributed by atoms with van der Waals surface area (Å²) in [6, 6.07) is 0. The number of anilines is 1. The molecule has 0 saturated heterocycles. The van der Waals surface area contributed by atoms with Crippen LogP contribution in [0.5, 0.6) is 0 Å². The first-order chi connectivity index (χ1) is 10.0. The van der Waals surface area contributed by atoms with Crippen LogP contribution in [0.4, 0.5) is 5.13 Å². The minimum absolute atomic E-state index is 0.0285. The molecule has 1 N–H and O–H groups in total. The lowest BCUT2D eigenvalue weighted by molar-refractivity contribution is -0.137. The van der Waals surface area contributed by atoms with Gasteiger partial charge in [0.2, 0.25) is 11.8 Å². The number of unbranched alkanes of at least 4 members (excludes halogenated alkanes) is 3. The maximum atomic E-state index is 12.2. The summed E-state index contributed by atoms with van der Waals surface area (Å²) in [5.74, 6) is -0.251. The summed E-state index contributed by atoms with van der Waals surface area (Å²) in [4.78, 5) is 29.8. The Morgan fingerprint density at radius 3 is 2.67 bits per heavy atom. The van der Waals surface area contributed by atoms with Crippen molar-refractivity contribution in [2.24, 2.45) is 5.92 Å². The molecule has 0 atom stereocenters. The molecule has 0 aliphatic rings. The monoisotopic (exact) mass is 311 g/mol. The topological polar surface area (TPSA) is 62.3 Å². The summed E-state index contributed by atoms with van der Waals surface area (Å²) in [6.45, 7) is 6.61. The van der Waals surface area contributed by atoms with Crippen LogP contribution in [0.2, 0.25) is 0 Å². The Hall–Kier alpha value is -1.43. The van der Waals surface area contributed by atoms with Gasteiger partial charge in [-0.15, -0.1) is 11.3 Å². The van der Waals surface area contributed by atoms with Crippen LogP contribution in [0.15, 0.2) is 11.6 Å². The Labute approximate surface area is 130 Å². The first-order valence-corrected chi connectivity index (χ1v) is 8.40. The number of thiazole rings is 1. The number of rotatable bonds is 9. The molecule has 0 radical (unpaired) electrons. The molecule has 2 amide bonds. The molecule has 1 heterocycles. The molecular weight excluding hydrogens is 286 g/mol. The van der Waals surface area contributed by atoms with Gasteiger partial charge < -0.3 is 10.2 Å². The van der Waals surface area contributed by atoms with Crippen molar-refractivity contribution in [3.8, 4) is 0 Å². The number of nitrogens with one attached hydrogen (secondary N) is 1. The molecule has 0 aliphatic carbocycles. The average Bonchev–Trinajstić information content (AvgIpc) is 2.94. The van der Waals surface area contributed by atoms with Crippen molar-refractivity contribution in [2.45, 2.75) is 46.5 Å². The zero-order valence-corrected chi connectivity index (χ0v) is 13.9. The molecule has 0 bridgehead atoms. The van der Waals surface area contributed by atoms with Crippen molar-refractivity contribution < 1.29 is 9.59 Å². The lowest BCUT2D eigenvalue weighted by Crippen LogP contribution is -2.40. The number of carbonyl (C=O) groups excluding carboxylic acids is 2. The second-order valence-corrected chi connectivity index (χ2v) is 6.26. The molecule has 0 unspecified atom stereocenters. The van der Waals surface area contributed by atoms with E-state index in [0.29, 0.717) is 11.7 Å². The average molecular weight is 311 g/mol. The molecule has 1 aromatic heterocycles. The van der Waals surface area contributed by atoms with E-state index in [1.165, 1.54) is 11.3 Å². The second kappa shape index (κ2) is 9.50. The number of hydrogen-bond acceptors (Lipinski definition) is 4. The van der Waals surface area contributed by atoms with Crippen LogP contribution in [-0.4, -0.2) is 34.8 Å². The van der Waals surface area contributed by atoms with Crippen molar-refractivity contribution >= 4 is 28.3 Å². The van der Waals surface area contributed by atoms with E-state index in [1.807, 2.05) is 13.8 Å². The van der Waals surface area contributed by atoms with Crippen molar-refractivity contribution in [1.82, 2.24) is 9.88 Å². The van der Waals surface area contributed by atoms with Crippen molar-refractivity contribution in [3.63, 3.8) is 0 Å². The summed E-state index contributed by atoms with van der Waals surface area (Å²) in [7, 11) is 0. The highest BCUT2D eigenvalue weighted by atomic mass is 32.1. The number of carbonyl (C=O) groups is 2. The summed E-state index contributed by atoms with van der Waals surface area (Å²) in [6.07, 6.45) is 5.99. The summed E-state index contributed by atoms with van der Waals surface area (Å²) < 4.78 is 0. The maximum absolute atomic E-state index is 12.2. The van der Waals surface area contributed by atoms with Crippen molar-refractivity contribution in [1.29, 1.82) is 0 Å². The zero-order valence-electron chi connectivity index (χ0n) is 13.1. The second-order valence-electron chi connectivity index (χ2n) is 5.36. The van der Waals surface area contributed by atoms with E-state index >= 15 is 0 Å². The van der Waals surface area contributed by atoms with Gasteiger partial charge in [0.05, 0.1) is 6.54 Å². The van der Waals surface area contributed by atoms with Gasteiger partial charge in [-0.25, -0.2) is 4.98 Å². The highest BCUT2D eigenvalue weighted by Gasteiger charge is 2.19. The number of hydrogen-bond donors (Lipinski definition) is 1. The van der Waals surface area contributed by atoms with Crippen LogP contribution >= 0.6 is 11.3 Å². The van der Waals surface area contributed by atoms with Crippen LogP contribution in [0.25, 0.3) is 0 Å². The van der Waals surface area contributed by atoms with Crippen LogP contribution in [0.3, 0.4) is 0 Å². The molecule has 0 spiro atoms. The lowest BCUT2D eigenvalue weighted by Gasteiger charge is -2.23. The Morgan fingerprint density at radius 1 is 1.33 bits per heavy atom. The quantitative estimate of drug-likeness (QED) is 0.713. The fourth-order valence-electron chi connectivity index (χ4n) is 1.98. The molecule has 0 aromatic carbocycles. The van der Waals surface area contributed by atoms with Crippen LogP contribution < -0.4 is 5.32 Å². The van der Waals surface area contributed by atoms with Crippen LogP contribution in [-0.2, 0) is 9.59 Å². The van der Waals surface area contributed by atoms with Gasteiger partial charge in [0.25, 0.3) is 0 Å². The number of amides is 2. The Kier molecular flexibility index (Phi) is 7.97. The van der Waals surface area contributed by atoms with E-state index in [2.05, 4.69) is 17.2 Å². The van der Waals surface area contributed by atoms with Gasteiger partial charge in [0.15, 0.2) is 5.13 Å². The predicted octanol–water partition coefficient (Wildman–Crippen LogP) is 3.15. The molecule has 0 aliphatic heterocycles. The highest BCUT2D eigenvalue weighted by Crippen LogP contribution is 2.11. The van der Waals surface area contributed by atoms with E-state index < -0.39 is 0 Å². The van der Waals surface area contributed by atoms with Crippen LogP contribution in [0, 0.1) is 5.92 Å². The lowest BCUT2D eigenvalue weighted by atomic mass is 10.1. The molecule has 0 fully saturated rings. The van der Waals surface area contributed by atoms with Crippen molar-refractivity contribution in [2.75, 3.05) is 18.4 Å². The van der Waals surface area contributed by atoms with Gasteiger partial charge >= 0.3 is 0 Å². The minimum atomic E-state index is -0.186. The summed E-state index contributed by atoms with van der Waals surface area (Å²) >= 11 is 1.37. The van der Waals surface area contributed by atoms with Gasteiger partial charge in [-0.3, -0.25) is 9.59 Å². The molecule has 6 heteroatoms. The standard InChI is InChI=1S/C15H25N3O2S/c1-4-5-6-7-9-18(14(20)12(2)3)11-13(19)17-15-16-8-10-21-15/h8,10,12H,4-7,9,11H2,1-3H3,(H,16,17,19). The number of aromatic nitrogens is 1. The van der Waals surface area contributed by atoms with Gasteiger partial charge in [0.1, 0.15) is 0 Å². The van der Waals surface area contributed by atoms with E-state index in [4.69, 9.17) is 0 Å². The highest BCUT2D eigenvalue weighted by molar-refractivity contribution is 7.13. The third kappa shape index (κ3) is 6.71. The molecule has 0 saturated carbocycles. The van der Waals surface area contributed by atoms with Gasteiger partial charge in [-0.1, -0.05) is 40.0 Å². The fourth-order valence-corrected chi connectivity index (χ4v) is 2.52. The Balaban J connectivity index is 2.50.